The van der Waals surface area contributed by atoms with Crippen LogP contribution in [0.3, 0.4) is 0 Å². The Labute approximate surface area is 148 Å². The van der Waals surface area contributed by atoms with Gasteiger partial charge in [-0.15, -0.1) is 15.3 Å². The van der Waals surface area contributed by atoms with Crippen LogP contribution >= 0.6 is 0 Å². The molecule has 4 heterocycles. The van der Waals surface area contributed by atoms with Crippen molar-refractivity contribution in [3.8, 4) is 5.95 Å². The van der Waals surface area contributed by atoms with Gasteiger partial charge in [-0.2, -0.15) is 4.68 Å². The molecule has 0 amide bonds. The normalized spacial score (nSPS) is 16.0. The van der Waals surface area contributed by atoms with E-state index >= 15 is 0 Å². The number of benzene rings is 1. The Balaban J connectivity index is 1.61. The molecular formula is C18H16N8. The van der Waals surface area contributed by atoms with Crippen molar-refractivity contribution in [1.29, 1.82) is 0 Å². The lowest BCUT2D eigenvalue weighted by atomic mass is 10.0. The minimum atomic E-state index is 0.392. The molecule has 0 N–H and O–H groups in total. The number of rotatable bonds is 3. The van der Waals surface area contributed by atoms with E-state index in [0.717, 1.165) is 34.3 Å². The maximum absolute atomic E-state index is 4.43. The first kappa shape index (κ1) is 13.9. The first-order valence-corrected chi connectivity index (χ1v) is 8.71. The van der Waals surface area contributed by atoms with Gasteiger partial charge in [-0.3, -0.25) is 4.40 Å². The molecule has 1 aliphatic carbocycles. The van der Waals surface area contributed by atoms with Crippen LogP contribution in [-0.4, -0.2) is 39.0 Å². The smallest absolute Gasteiger partial charge is 0.259 e. The Morgan fingerprint density at radius 1 is 1.12 bits per heavy atom. The summed E-state index contributed by atoms with van der Waals surface area (Å²) >= 11 is 0. The summed E-state index contributed by atoms with van der Waals surface area (Å²) in [5, 5.41) is 18.5. The number of hydrogen-bond donors (Lipinski definition) is 0. The Kier molecular flexibility index (Phi) is 2.50. The van der Waals surface area contributed by atoms with Gasteiger partial charge in [0.05, 0.1) is 23.6 Å². The molecule has 1 aromatic carbocycles. The topological polar surface area (TPSA) is 78.2 Å². The van der Waals surface area contributed by atoms with Crippen molar-refractivity contribution < 1.29 is 0 Å². The Morgan fingerprint density at radius 2 is 2.00 bits per heavy atom. The molecule has 0 aliphatic heterocycles. The molecule has 1 fully saturated rings. The van der Waals surface area contributed by atoms with Gasteiger partial charge in [0.2, 0.25) is 0 Å². The van der Waals surface area contributed by atoms with Crippen LogP contribution in [0.1, 0.15) is 25.5 Å². The predicted molar refractivity (Wildman–Crippen MR) is 95.2 cm³/mol. The van der Waals surface area contributed by atoms with Gasteiger partial charge in [-0.1, -0.05) is 24.3 Å². The van der Waals surface area contributed by atoms with Crippen LogP contribution in [0.4, 0.5) is 0 Å². The van der Waals surface area contributed by atoms with Gasteiger partial charge in [0.1, 0.15) is 12.0 Å². The average Bonchev–Trinajstić information content (AvgIpc) is 3.11. The number of nitrogens with zero attached hydrogens (tertiary/aromatic N) is 8. The van der Waals surface area contributed by atoms with Gasteiger partial charge in [-0.25, -0.2) is 9.38 Å². The quantitative estimate of drug-likeness (QED) is 0.502. The Morgan fingerprint density at radius 3 is 2.88 bits per heavy atom. The third kappa shape index (κ3) is 1.86. The molecule has 6 rings (SSSR count). The van der Waals surface area contributed by atoms with Crippen molar-refractivity contribution in [2.24, 2.45) is 5.41 Å². The summed E-state index contributed by atoms with van der Waals surface area (Å²) in [4.78, 5) is 4.32. The van der Waals surface area contributed by atoms with Crippen LogP contribution in [0.2, 0.25) is 0 Å². The van der Waals surface area contributed by atoms with E-state index in [1.165, 1.54) is 12.8 Å². The molecule has 8 nitrogen and oxygen atoms in total. The fourth-order valence-electron chi connectivity index (χ4n) is 3.63. The van der Waals surface area contributed by atoms with E-state index in [4.69, 9.17) is 0 Å². The van der Waals surface area contributed by atoms with E-state index in [1.54, 1.807) is 4.68 Å². The van der Waals surface area contributed by atoms with Gasteiger partial charge in [0, 0.05) is 5.39 Å². The van der Waals surface area contributed by atoms with Gasteiger partial charge in [0.15, 0.2) is 5.65 Å². The number of fused-ring (bicyclic) bond motifs is 6. The average molecular weight is 344 g/mol. The second-order valence-corrected chi connectivity index (χ2v) is 7.44. The zero-order valence-electron chi connectivity index (χ0n) is 14.2. The molecule has 1 aliphatic rings. The van der Waals surface area contributed by atoms with Crippen molar-refractivity contribution in [2.75, 3.05) is 0 Å². The lowest BCUT2D eigenvalue weighted by Gasteiger charge is -2.06. The lowest BCUT2D eigenvalue weighted by Crippen LogP contribution is -2.04. The largest absolute Gasteiger partial charge is 0.284 e. The molecule has 128 valence electrons. The van der Waals surface area contributed by atoms with Crippen LogP contribution in [0.15, 0.2) is 43.0 Å². The third-order valence-electron chi connectivity index (χ3n) is 5.36. The molecule has 0 unspecified atom stereocenters. The summed E-state index contributed by atoms with van der Waals surface area (Å²) in [6.07, 6.45) is 9.06. The summed E-state index contributed by atoms with van der Waals surface area (Å²) < 4.78 is 5.73. The minimum Gasteiger partial charge on any atom is -0.284 e. The monoisotopic (exact) mass is 344 g/mol. The van der Waals surface area contributed by atoms with Crippen molar-refractivity contribution in [3.05, 3.63) is 48.7 Å². The fraction of sp³-hybridized carbons (Fsp3) is 0.278. The molecule has 0 saturated heterocycles. The molecule has 0 atom stereocenters. The molecule has 0 spiro atoms. The van der Waals surface area contributed by atoms with E-state index in [1.807, 2.05) is 45.7 Å². The van der Waals surface area contributed by atoms with Gasteiger partial charge in [-0.05, 0) is 36.8 Å². The molecule has 26 heavy (non-hydrogen) atoms. The lowest BCUT2D eigenvalue weighted by molar-refractivity contribution is 0.560. The summed E-state index contributed by atoms with van der Waals surface area (Å²) in [5.74, 6) is 0.621. The number of para-hydroxylation sites is 1. The van der Waals surface area contributed by atoms with E-state index in [2.05, 4.69) is 38.5 Å². The number of aromatic nitrogens is 8. The van der Waals surface area contributed by atoms with E-state index in [9.17, 15) is 0 Å². The van der Waals surface area contributed by atoms with Gasteiger partial charge < -0.3 is 0 Å². The Hall–Kier alpha value is -3.29. The summed E-state index contributed by atoms with van der Waals surface area (Å²) in [6.45, 7) is 2.29. The number of hydrogen-bond acceptors (Lipinski definition) is 5. The van der Waals surface area contributed by atoms with E-state index in [-0.39, 0.29) is 0 Å². The second kappa shape index (κ2) is 4.66. The second-order valence-electron chi connectivity index (χ2n) is 7.44. The summed E-state index contributed by atoms with van der Waals surface area (Å²) in [5.41, 5.74) is 4.11. The van der Waals surface area contributed by atoms with Crippen molar-refractivity contribution >= 4 is 22.2 Å². The molecule has 1 saturated carbocycles. The first-order valence-electron chi connectivity index (χ1n) is 8.71. The van der Waals surface area contributed by atoms with E-state index in [0.29, 0.717) is 11.4 Å². The SMILES string of the molecule is CC1(Cc2cn(-c3nnc4c5ccccc5n5cncc5n34)nn2)CC1. The Bertz CT molecular complexity index is 1290. The molecule has 0 radical (unpaired) electrons. The zero-order chi connectivity index (χ0) is 17.3. The fourth-order valence-corrected chi connectivity index (χ4v) is 3.63. The first-order chi connectivity index (χ1) is 12.7. The van der Waals surface area contributed by atoms with Crippen LogP contribution in [-0.2, 0) is 6.42 Å². The van der Waals surface area contributed by atoms with Crippen LogP contribution in [0.25, 0.3) is 28.1 Å². The van der Waals surface area contributed by atoms with Gasteiger partial charge in [0.25, 0.3) is 5.95 Å². The maximum atomic E-state index is 4.43. The summed E-state index contributed by atoms with van der Waals surface area (Å²) in [7, 11) is 0. The standard InChI is InChI=1S/C18H16N8/c1-18(6-7-18)8-12-10-25(23-20-12)17-22-21-16-13-4-2-3-5-14(13)24-11-19-9-15(24)26(16)17/h2-5,9-11H,6-8H2,1H3. The molecule has 5 aromatic rings. The highest BCUT2D eigenvalue weighted by molar-refractivity contribution is 5.94. The predicted octanol–water partition coefficient (Wildman–Crippen LogP) is 2.45. The number of imidazole rings is 1. The third-order valence-corrected chi connectivity index (χ3v) is 5.36. The van der Waals surface area contributed by atoms with Crippen LogP contribution in [0, 0.1) is 5.41 Å². The molecule has 4 aromatic heterocycles. The maximum Gasteiger partial charge on any atom is 0.259 e. The molecule has 8 heteroatoms. The molecule has 0 bridgehead atoms. The highest BCUT2D eigenvalue weighted by atomic mass is 15.5. The molecular weight excluding hydrogens is 328 g/mol. The highest BCUT2D eigenvalue weighted by Crippen LogP contribution is 2.47. The van der Waals surface area contributed by atoms with Crippen molar-refractivity contribution in [2.45, 2.75) is 26.2 Å². The highest BCUT2D eigenvalue weighted by Gasteiger charge is 2.38. The summed E-state index contributed by atoms with van der Waals surface area (Å²) in [6, 6.07) is 8.12. The van der Waals surface area contributed by atoms with Crippen molar-refractivity contribution in [3.63, 3.8) is 0 Å². The zero-order valence-corrected chi connectivity index (χ0v) is 14.2. The van der Waals surface area contributed by atoms with Crippen LogP contribution in [0.5, 0.6) is 0 Å². The minimum absolute atomic E-state index is 0.392. The van der Waals surface area contributed by atoms with Gasteiger partial charge >= 0.3 is 0 Å². The van der Waals surface area contributed by atoms with E-state index < -0.39 is 0 Å². The van der Waals surface area contributed by atoms with Crippen LogP contribution < -0.4 is 0 Å². The van der Waals surface area contributed by atoms with Crippen molar-refractivity contribution in [1.82, 2.24) is 39.0 Å².